The molecule has 0 radical (unpaired) electrons. The van der Waals surface area contributed by atoms with E-state index in [-0.39, 0.29) is 12.4 Å². The summed E-state index contributed by atoms with van der Waals surface area (Å²) in [6, 6.07) is 5.21. The van der Waals surface area contributed by atoms with Crippen molar-refractivity contribution in [3.05, 3.63) is 35.1 Å². The Morgan fingerprint density at radius 1 is 1.45 bits per heavy atom. The monoisotopic (exact) mass is 277 g/mol. The van der Waals surface area contributed by atoms with Gasteiger partial charge in [-0.1, -0.05) is 18.8 Å². The molecule has 1 unspecified atom stereocenters. The highest BCUT2D eigenvalue weighted by molar-refractivity contribution is 5.37. The highest BCUT2D eigenvalue weighted by atomic mass is 19.1. The first-order valence-electron chi connectivity index (χ1n) is 6.94. The number of aliphatic hydroxyl groups is 1. The molecule has 1 saturated heterocycles. The Kier molecular flexibility index (Phi) is 5.54. The normalized spacial score (nSPS) is 19.4. The molecular weight excluding hydrogens is 257 g/mol. The summed E-state index contributed by atoms with van der Waals surface area (Å²) in [7, 11) is 0. The first-order valence-corrected chi connectivity index (χ1v) is 6.94. The van der Waals surface area contributed by atoms with Gasteiger partial charge in [0.1, 0.15) is 12.4 Å². The van der Waals surface area contributed by atoms with Crippen LogP contribution in [0.4, 0.5) is 4.39 Å². The van der Waals surface area contributed by atoms with Crippen LogP contribution in [-0.2, 0) is 11.3 Å². The second kappa shape index (κ2) is 7.39. The van der Waals surface area contributed by atoms with E-state index in [1.165, 1.54) is 6.07 Å². The van der Waals surface area contributed by atoms with E-state index in [0.29, 0.717) is 18.2 Å². The Labute approximate surface area is 119 Å². The maximum absolute atomic E-state index is 13.6. The number of hydrogen-bond acceptors (Lipinski definition) is 3. The molecule has 0 bridgehead atoms. The standard InChI is InChI=1S/C16H20FNO2/c1-2-16-12-20-7-5-18(16)11-14-8-13(4-3-6-19)9-15(17)10-14/h8-10,16,19H,2,5-7,11-12H2,1H3. The quantitative estimate of drug-likeness (QED) is 0.855. The molecule has 0 amide bonds. The molecule has 0 aliphatic carbocycles. The third-order valence-electron chi connectivity index (χ3n) is 3.48. The van der Waals surface area contributed by atoms with E-state index in [0.717, 1.165) is 31.7 Å². The van der Waals surface area contributed by atoms with Crippen LogP contribution in [0, 0.1) is 17.7 Å². The van der Waals surface area contributed by atoms with Gasteiger partial charge in [-0.15, -0.1) is 0 Å². The van der Waals surface area contributed by atoms with Crippen molar-refractivity contribution in [2.45, 2.75) is 25.9 Å². The van der Waals surface area contributed by atoms with E-state index in [1.807, 2.05) is 6.07 Å². The van der Waals surface area contributed by atoms with Crippen LogP contribution in [-0.4, -0.2) is 42.4 Å². The molecule has 1 aliphatic heterocycles. The van der Waals surface area contributed by atoms with Crippen molar-refractivity contribution >= 4 is 0 Å². The van der Waals surface area contributed by atoms with Gasteiger partial charge in [-0.05, 0) is 30.2 Å². The maximum atomic E-state index is 13.6. The largest absolute Gasteiger partial charge is 0.384 e. The first-order chi connectivity index (χ1) is 9.72. The highest BCUT2D eigenvalue weighted by Gasteiger charge is 2.21. The third kappa shape index (κ3) is 4.04. The SMILES string of the molecule is CCC1COCCN1Cc1cc(F)cc(C#CCO)c1. The lowest BCUT2D eigenvalue weighted by atomic mass is 10.1. The van der Waals surface area contributed by atoms with E-state index in [2.05, 4.69) is 23.7 Å². The van der Waals surface area contributed by atoms with Crippen molar-refractivity contribution in [2.24, 2.45) is 0 Å². The number of ether oxygens (including phenoxy) is 1. The van der Waals surface area contributed by atoms with Gasteiger partial charge in [-0.25, -0.2) is 4.39 Å². The maximum Gasteiger partial charge on any atom is 0.124 e. The Morgan fingerprint density at radius 3 is 3.05 bits per heavy atom. The lowest BCUT2D eigenvalue weighted by molar-refractivity contribution is -0.0127. The van der Waals surface area contributed by atoms with Crippen LogP contribution in [0.3, 0.4) is 0 Å². The van der Waals surface area contributed by atoms with Gasteiger partial charge >= 0.3 is 0 Å². The predicted octanol–water partition coefficient (Wildman–Crippen LogP) is 1.78. The smallest absolute Gasteiger partial charge is 0.124 e. The Hall–Kier alpha value is -1.41. The lowest BCUT2D eigenvalue weighted by Crippen LogP contribution is -2.44. The van der Waals surface area contributed by atoms with E-state index >= 15 is 0 Å². The fourth-order valence-electron chi connectivity index (χ4n) is 2.46. The predicted molar refractivity (Wildman–Crippen MR) is 75.7 cm³/mol. The van der Waals surface area contributed by atoms with Gasteiger partial charge < -0.3 is 9.84 Å². The number of aliphatic hydroxyl groups excluding tert-OH is 1. The summed E-state index contributed by atoms with van der Waals surface area (Å²) in [4.78, 5) is 2.32. The molecule has 3 nitrogen and oxygen atoms in total. The molecule has 4 heteroatoms. The van der Waals surface area contributed by atoms with Crippen molar-refractivity contribution in [2.75, 3.05) is 26.4 Å². The van der Waals surface area contributed by atoms with Gasteiger partial charge in [0.2, 0.25) is 0 Å². The van der Waals surface area contributed by atoms with Crippen LogP contribution in [0.5, 0.6) is 0 Å². The number of hydrogen-bond donors (Lipinski definition) is 1. The molecule has 108 valence electrons. The number of nitrogens with zero attached hydrogens (tertiary/aromatic N) is 1. The van der Waals surface area contributed by atoms with Crippen molar-refractivity contribution < 1.29 is 14.2 Å². The molecule has 0 aromatic heterocycles. The molecule has 1 aliphatic rings. The number of benzene rings is 1. The molecule has 1 aromatic carbocycles. The summed E-state index contributed by atoms with van der Waals surface area (Å²) in [5.74, 6) is 5.02. The fourth-order valence-corrected chi connectivity index (χ4v) is 2.46. The highest BCUT2D eigenvalue weighted by Crippen LogP contribution is 2.16. The zero-order valence-electron chi connectivity index (χ0n) is 11.7. The van der Waals surface area contributed by atoms with Crippen LogP contribution < -0.4 is 0 Å². The van der Waals surface area contributed by atoms with Crippen molar-refractivity contribution in [3.63, 3.8) is 0 Å². The molecular formula is C16H20FNO2. The first kappa shape index (κ1) is 15.0. The molecule has 0 saturated carbocycles. The number of morpholine rings is 1. The third-order valence-corrected chi connectivity index (χ3v) is 3.48. The Balaban J connectivity index is 2.13. The Bertz CT molecular complexity index is 507. The zero-order valence-corrected chi connectivity index (χ0v) is 11.7. The van der Waals surface area contributed by atoms with Crippen LogP contribution in [0.25, 0.3) is 0 Å². The molecule has 2 rings (SSSR count). The van der Waals surface area contributed by atoms with E-state index in [9.17, 15) is 4.39 Å². The van der Waals surface area contributed by atoms with Crippen LogP contribution in [0.15, 0.2) is 18.2 Å². The van der Waals surface area contributed by atoms with Gasteiger partial charge in [0.25, 0.3) is 0 Å². The minimum absolute atomic E-state index is 0.215. The lowest BCUT2D eigenvalue weighted by Gasteiger charge is -2.35. The molecule has 1 aromatic rings. The Morgan fingerprint density at radius 2 is 2.30 bits per heavy atom. The van der Waals surface area contributed by atoms with Gasteiger partial charge in [-0.2, -0.15) is 0 Å². The second-order valence-electron chi connectivity index (χ2n) is 4.92. The van der Waals surface area contributed by atoms with Crippen LogP contribution in [0.2, 0.25) is 0 Å². The van der Waals surface area contributed by atoms with Gasteiger partial charge in [-0.3, -0.25) is 4.90 Å². The zero-order chi connectivity index (χ0) is 14.4. The summed E-state index contributed by atoms with van der Waals surface area (Å²) in [5, 5.41) is 8.70. The summed E-state index contributed by atoms with van der Waals surface area (Å²) in [6.45, 7) is 4.95. The summed E-state index contributed by atoms with van der Waals surface area (Å²) >= 11 is 0. The van der Waals surface area contributed by atoms with E-state index in [4.69, 9.17) is 9.84 Å². The molecule has 1 N–H and O–H groups in total. The average Bonchev–Trinajstić information content (AvgIpc) is 2.45. The van der Waals surface area contributed by atoms with Crippen molar-refractivity contribution in [1.82, 2.24) is 4.90 Å². The van der Waals surface area contributed by atoms with Gasteiger partial charge in [0.05, 0.1) is 13.2 Å². The average molecular weight is 277 g/mol. The molecule has 1 heterocycles. The topological polar surface area (TPSA) is 32.7 Å². The summed E-state index contributed by atoms with van der Waals surface area (Å²) < 4.78 is 19.1. The summed E-state index contributed by atoms with van der Waals surface area (Å²) in [5.41, 5.74) is 1.52. The van der Waals surface area contributed by atoms with Crippen LogP contribution in [0.1, 0.15) is 24.5 Å². The van der Waals surface area contributed by atoms with Gasteiger partial charge in [0.15, 0.2) is 0 Å². The van der Waals surface area contributed by atoms with Crippen LogP contribution >= 0.6 is 0 Å². The molecule has 20 heavy (non-hydrogen) atoms. The molecule has 0 spiro atoms. The second-order valence-corrected chi connectivity index (χ2v) is 4.92. The minimum Gasteiger partial charge on any atom is -0.384 e. The minimum atomic E-state index is -0.286. The van der Waals surface area contributed by atoms with Crippen molar-refractivity contribution in [3.8, 4) is 11.8 Å². The molecule has 1 atom stereocenters. The number of rotatable bonds is 3. The fraction of sp³-hybridized carbons (Fsp3) is 0.500. The van der Waals surface area contributed by atoms with E-state index < -0.39 is 0 Å². The number of halogens is 1. The summed E-state index contributed by atoms with van der Waals surface area (Å²) in [6.07, 6.45) is 1.02. The van der Waals surface area contributed by atoms with Gasteiger partial charge in [0, 0.05) is 24.7 Å². The van der Waals surface area contributed by atoms with E-state index in [1.54, 1.807) is 6.07 Å². The van der Waals surface area contributed by atoms with Crippen molar-refractivity contribution in [1.29, 1.82) is 0 Å². The molecule has 1 fully saturated rings.